The molecule has 0 aliphatic heterocycles. The van der Waals surface area contributed by atoms with Gasteiger partial charge in [-0.2, -0.15) is 18.4 Å². The van der Waals surface area contributed by atoms with Crippen molar-refractivity contribution in [3.05, 3.63) is 66.0 Å². The molecule has 0 aromatic heterocycles. The van der Waals surface area contributed by atoms with Gasteiger partial charge in [0, 0.05) is 0 Å². The highest BCUT2D eigenvalue weighted by molar-refractivity contribution is 7.89. The van der Waals surface area contributed by atoms with E-state index in [0.29, 0.717) is 11.3 Å². The zero-order valence-corrected chi connectivity index (χ0v) is 11.6. The number of halogens is 1. The molecule has 4 nitrogen and oxygen atoms in total. The molecular weight excluding hydrogens is 279 g/mol. The maximum absolute atomic E-state index is 12.8. The zero-order chi connectivity index (χ0) is 14.6. The summed E-state index contributed by atoms with van der Waals surface area (Å²) in [6.45, 7) is 1.64. The molecule has 0 aliphatic rings. The fourth-order valence-corrected chi connectivity index (χ4v) is 2.41. The third kappa shape index (κ3) is 3.42. The minimum Gasteiger partial charge on any atom is -0.207 e. The molecule has 2 aromatic carbocycles. The van der Waals surface area contributed by atoms with Gasteiger partial charge in [0.15, 0.2) is 0 Å². The van der Waals surface area contributed by atoms with Gasteiger partial charge in [-0.05, 0) is 36.8 Å². The maximum Gasteiger partial charge on any atom is 0.276 e. The van der Waals surface area contributed by atoms with Crippen molar-refractivity contribution in [2.24, 2.45) is 5.10 Å². The van der Waals surface area contributed by atoms with Crippen LogP contribution in [0.1, 0.15) is 12.5 Å². The van der Waals surface area contributed by atoms with E-state index < -0.39 is 10.0 Å². The van der Waals surface area contributed by atoms with E-state index in [4.69, 9.17) is 0 Å². The van der Waals surface area contributed by atoms with Gasteiger partial charge in [-0.15, -0.1) is 0 Å². The molecule has 2 aromatic rings. The van der Waals surface area contributed by atoms with Gasteiger partial charge in [0.05, 0.1) is 10.6 Å². The summed E-state index contributed by atoms with van der Waals surface area (Å²) in [5.74, 6) is -0.355. The number of nitrogens with zero attached hydrogens (tertiary/aromatic N) is 1. The Morgan fingerprint density at radius 1 is 1.05 bits per heavy atom. The van der Waals surface area contributed by atoms with Crippen LogP contribution in [0, 0.1) is 5.82 Å². The fraction of sp³-hybridized carbons (Fsp3) is 0.0714. The average Bonchev–Trinajstić information content (AvgIpc) is 2.46. The Morgan fingerprint density at radius 3 is 2.25 bits per heavy atom. The van der Waals surface area contributed by atoms with Crippen molar-refractivity contribution in [3.8, 4) is 0 Å². The molecule has 104 valence electrons. The highest BCUT2D eigenvalue weighted by atomic mass is 32.2. The minimum atomic E-state index is -3.68. The summed E-state index contributed by atoms with van der Waals surface area (Å²) in [5.41, 5.74) is 1.09. The van der Waals surface area contributed by atoms with Gasteiger partial charge in [-0.25, -0.2) is 4.39 Å². The third-order valence-corrected chi connectivity index (χ3v) is 3.87. The molecule has 0 radical (unpaired) electrons. The van der Waals surface area contributed by atoms with Crippen molar-refractivity contribution in [2.45, 2.75) is 11.8 Å². The predicted molar refractivity (Wildman–Crippen MR) is 75.4 cm³/mol. The second-order valence-electron chi connectivity index (χ2n) is 4.11. The van der Waals surface area contributed by atoms with E-state index in [9.17, 15) is 12.8 Å². The summed E-state index contributed by atoms with van der Waals surface area (Å²) >= 11 is 0. The van der Waals surface area contributed by atoms with E-state index in [0.717, 1.165) is 0 Å². The minimum absolute atomic E-state index is 0.135. The van der Waals surface area contributed by atoms with E-state index in [1.165, 1.54) is 36.4 Å². The molecule has 0 aliphatic carbocycles. The molecule has 0 unspecified atom stereocenters. The molecule has 0 amide bonds. The van der Waals surface area contributed by atoms with Gasteiger partial charge in [0.1, 0.15) is 5.82 Å². The average molecular weight is 292 g/mol. The van der Waals surface area contributed by atoms with E-state index in [2.05, 4.69) is 9.93 Å². The molecule has 0 atom stereocenters. The van der Waals surface area contributed by atoms with Crippen LogP contribution in [0.3, 0.4) is 0 Å². The molecule has 0 saturated carbocycles. The summed E-state index contributed by atoms with van der Waals surface area (Å²) in [6, 6.07) is 13.6. The van der Waals surface area contributed by atoms with E-state index in [1.807, 2.05) is 0 Å². The lowest BCUT2D eigenvalue weighted by Crippen LogP contribution is -2.19. The van der Waals surface area contributed by atoms with E-state index in [-0.39, 0.29) is 10.7 Å². The summed E-state index contributed by atoms with van der Waals surface area (Å²) in [7, 11) is -3.68. The predicted octanol–water partition coefficient (Wildman–Crippen LogP) is 2.53. The highest BCUT2D eigenvalue weighted by Gasteiger charge is 2.11. The first-order valence-electron chi connectivity index (χ1n) is 5.86. The first-order valence-corrected chi connectivity index (χ1v) is 7.34. The largest absolute Gasteiger partial charge is 0.276 e. The summed E-state index contributed by atoms with van der Waals surface area (Å²) < 4.78 is 36.7. The van der Waals surface area contributed by atoms with Crippen LogP contribution in [-0.4, -0.2) is 14.1 Å². The summed E-state index contributed by atoms with van der Waals surface area (Å²) in [4.78, 5) is 2.29. The lowest BCUT2D eigenvalue weighted by atomic mass is 10.1. The fourth-order valence-electron chi connectivity index (χ4n) is 1.54. The number of nitrogens with one attached hydrogen (secondary N) is 1. The SMILES string of the molecule is CC(=NNS(=O)(=O)c1ccccc1)c1ccc(F)cc1. The molecule has 0 heterocycles. The number of rotatable bonds is 4. The lowest BCUT2D eigenvalue weighted by molar-refractivity contribution is 0.584. The van der Waals surface area contributed by atoms with Crippen LogP contribution >= 0.6 is 0 Å². The first-order chi connectivity index (χ1) is 9.49. The van der Waals surface area contributed by atoms with Crippen LogP contribution < -0.4 is 4.83 Å². The number of hydrogen-bond donors (Lipinski definition) is 1. The van der Waals surface area contributed by atoms with Gasteiger partial charge in [0.25, 0.3) is 10.0 Å². The van der Waals surface area contributed by atoms with E-state index >= 15 is 0 Å². The molecule has 0 bridgehead atoms. The zero-order valence-electron chi connectivity index (χ0n) is 10.7. The Labute approximate surface area is 117 Å². The topological polar surface area (TPSA) is 58.5 Å². The standard InChI is InChI=1S/C14H13FN2O2S/c1-11(12-7-9-13(15)10-8-12)16-17-20(18,19)14-5-3-2-4-6-14/h2-10,17H,1H3. The number of sulfonamides is 1. The van der Waals surface area contributed by atoms with Crippen LogP contribution in [0.4, 0.5) is 4.39 Å². The van der Waals surface area contributed by atoms with Gasteiger partial charge < -0.3 is 0 Å². The molecular formula is C14H13FN2O2S. The molecule has 6 heteroatoms. The van der Waals surface area contributed by atoms with Gasteiger partial charge >= 0.3 is 0 Å². The Hall–Kier alpha value is -2.21. The summed E-state index contributed by atoms with van der Waals surface area (Å²) in [6.07, 6.45) is 0. The van der Waals surface area contributed by atoms with Crippen LogP contribution in [0.25, 0.3) is 0 Å². The van der Waals surface area contributed by atoms with Crippen molar-refractivity contribution >= 4 is 15.7 Å². The molecule has 1 N–H and O–H groups in total. The smallest absolute Gasteiger partial charge is 0.207 e. The van der Waals surface area contributed by atoms with Crippen LogP contribution in [0.2, 0.25) is 0 Å². The number of benzene rings is 2. The number of hydrazone groups is 1. The van der Waals surface area contributed by atoms with Crippen molar-refractivity contribution < 1.29 is 12.8 Å². The van der Waals surface area contributed by atoms with Crippen LogP contribution in [0.5, 0.6) is 0 Å². The molecule has 20 heavy (non-hydrogen) atoms. The maximum atomic E-state index is 12.8. The monoisotopic (exact) mass is 292 g/mol. The van der Waals surface area contributed by atoms with Crippen molar-refractivity contribution in [1.82, 2.24) is 4.83 Å². The Balaban J connectivity index is 2.18. The lowest BCUT2D eigenvalue weighted by Gasteiger charge is -2.05. The Kier molecular flexibility index (Phi) is 4.14. The molecule has 0 saturated heterocycles. The third-order valence-electron chi connectivity index (χ3n) is 2.65. The quantitative estimate of drug-likeness (QED) is 0.695. The van der Waals surface area contributed by atoms with Crippen molar-refractivity contribution in [1.29, 1.82) is 0 Å². The normalized spacial score (nSPS) is 12.2. The van der Waals surface area contributed by atoms with E-state index in [1.54, 1.807) is 25.1 Å². The Bertz CT molecular complexity index is 711. The van der Waals surface area contributed by atoms with Gasteiger partial charge in [-0.3, -0.25) is 0 Å². The molecule has 0 spiro atoms. The Morgan fingerprint density at radius 2 is 1.65 bits per heavy atom. The number of hydrogen-bond acceptors (Lipinski definition) is 3. The van der Waals surface area contributed by atoms with Crippen LogP contribution in [0.15, 0.2) is 64.6 Å². The first kappa shape index (κ1) is 14.2. The molecule has 2 rings (SSSR count). The van der Waals surface area contributed by atoms with Crippen molar-refractivity contribution in [2.75, 3.05) is 0 Å². The second-order valence-corrected chi connectivity index (χ2v) is 5.77. The van der Waals surface area contributed by atoms with Crippen LogP contribution in [-0.2, 0) is 10.0 Å². The van der Waals surface area contributed by atoms with Gasteiger partial charge in [0.2, 0.25) is 0 Å². The molecule has 0 fully saturated rings. The highest BCUT2D eigenvalue weighted by Crippen LogP contribution is 2.08. The van der Waals surface area contributed by atoms with Gasteiger partial charge in [-0.1, -0.05) is 30.3 Å². The van der Waals surface area contributed by atoms with Crippen molar-refractivity contribution in [3.63, 3.8) is 0 Å². The second kappa shape index (κ2) is 5.83. The summed E-state index contributed by atoms with van der Waals surface area (Å²) in [5, 5.41) is 3.83.